The molecular formula is C24H31N3O4S2. The Morgan fingerprint density at radius 1 is 1.12 bits per heavy atom. The van der Waals surface area contributed by atoms with Crippen molar-refractivity contribution >= 4 is 38.9 Å². The highest BCUT2D eigenvalue weighted by Crippen LogP contribution is 2.29. The molecule has 2 aromatic rings. The standard InChI is InChI=1S/C24H31N3O4S2/c28-23-5-1-3-19-15-21(10-11-22(19)27-23)33(30,31)26-16-17-6-8-18(9-7-17)24(29)25-13-12-20-4-2-14-32-20/h2,4,10-11,14-15,17-18,26H,1,3,5-9,12-13,16H2,(H,25,29)(H,27,28). The minimum atomic E-state index is -3.62. The van der Waals surface area contributed by atoms with E-state index in [1.807, 2.05) is 11.4 Å². The number of carbonyl (C=O) groups is 2. The van der Waals surface area contributed by atoms with Gasteiger partial charge in [-0.15, -0.1) is 11.3 Å². The van der Waals surface area contributed by atoms with Crippen molar-refractivity contribution in [2.75, 3.05) is 18.4 Å². The molecular weight excluding hydrogens is 458 g/mol. The number of benzene rings is 1. The maximum atomic E-state index is 12.8. The van der Waals surface area contributed by atoms with Crippen molar-refractivity contribution in [3.63, 3.8) is 0 Å². The summed E-state index contributed by atoms with van der Waals surface area (Å²) in [5.74, 6) is 0.327. The summed E-state index contributed by atoms with van der Waals surface area (Å²) in [7, 11) is -3.62. The number of hydrogen-bond donors (Lipinski definition) is 3. The van der Waals surface area contributed by atoms with Crippen LogP contribution in [0.1, 0.15) is 49.0 Å². The number of amides is 2. The lowest BCUT2D eigenvalue weighted by Crippen LogP contribution is -2.36. The number of rotatable bonds is 8. The number of aryl methyl sites for hydroxylation is 1. The smallest absolute Gasteiger partial charge is 0.240 e. The van der Waals surface area contributed by atoms with Gasteiger partial charge in [-0.1, -0.05) is 6.07 Å². The van der Waals surface area contributed by atoms with E-state index >= 15 is 0 Å². The van der Waals surface area contributed by atoms with Crippen LogP contribution in [0.25, 0.3) is 0 Å². The SMILES string of the molecule is O=C1CCCc2cc(S(=O)(=O)NCC3CCC(C(=O)NCCc4cccs4)CC3)ccc2N1. The number of carbonyl (C=O) groups excluding carboxylic acids is 2. The zero-order chi connectivity index (χ0) is 23.3. The molecule has 1 aromatic heterocycles. The van der Waals surface area contributed by atoms with E-state index < -0.39 is 10.0 Å². The third-order valence-electron chi connectivity index (χ3n) is 6.54. The molecule has 0 saturated heterocycles. The molecule has 2 amide bonds. The summed E-state index contributed by atoms with van der Waals surface area (Å²) in [4.78, 5) is 25.7. The molecule has 2 aliphatic rings. The van der Waals surface area contributed by atoms with Crippen molar-refractivity contribution in [2.45, 2.75) is 56.3 Å². The van der Waals surface area contributed by atoms with Crippen LogP contribution >= 0.6 is 11.3 Å². The Balaban J connectivity index is 1.23. The molecule has 0 unspecified atom stereocenters. The number of hydrogen-bond acceptors (Lipinski definition) is 5. The van der Waals surface area contributed by atoms with E-state index in [1.54, 1.807) is 29.5 Å². The fraction of sp³-hybridized carbons (Fsp3) is 0.500. The van der Waals surface area contributed by atoms with E-state index in [-0.39, 0.29) is 28.5 Å². The highest BCUT2D eigenvalue weighted by Gasteiger charge is 2.27. The highest BCUT2D eigenvalue weighted by atomic mass is 32.2. The molecule has 7 nitrogen and oxygen atoms in total. The lowest BCUT2D eigenvalue weighted by Gasteiger charge is -2.28. The summed E-state index contributed by atoms with van der Waals surface area (Å²) in [6.45, 7) is 1.03. The zero-order valence-electron chi connectivity index (χ0n) is 18.6. The Bertz CT molecular complexity index is 1080. The van der Waals surface area contributed by atoms with Gasteiger partial charge in [-0.25, -0.2) is 13.1 Å². The molecule has 0 atom stereocenters. The summed E-state index contributed by atoms with van der Waals surface area (Å²) in [5.41, 5.74) is 1.55. The van der Waals surface area contributed by atoms with Gasteiger partial charge in [0.2, 0.25) is 21.8 Å². The summed E-state index contributed by atoms with van der Waals surface area (Å²) in [5, 5.41) is 7.92. The zero-order valence-corrected chi connectivity index (χ0v) is 20.3. The molecule has 33 heavy (non-hydrogen) atoms. The second-order valence-corrected chi connectivity index (χ2v) is 11.7. The lowest BCUT2D eigenvalue weighted by molar-refractivity contribution is -0.126. The van der Waals surface area contributed by atoms with E-state index in [0.29, 0.717) is 38.0 Å². The number of nitrogens with one attached hydrogen (secondary N) is 3. The van der Waals surface area contributed by atoms with Gasteiger partial charge < -0.3 is 10.6 Å². The van der Waals surface area contributed by atoms with Crippen LogP contribution in [0.15, 0.2) is 40.6 Å². The van der Waals surface area contributed by atoms with Crippen LogP contribution in [0.5, 0.6) is 0 Å². The van der Waals surface area contributed by atoms with Crippen LogP contribution in [0.4, 0.5) is 5.69 Å². The Morgan fingerprint density at radius 2 is 1.94 bits per heavy atom. The van der Waals surface area contributed by atoms with Gasteiger partial charge in [-0.2, -0.15) is 0 Å². The lowest BCUT2D eigenvalue weighted by atomic mass is 9.81. The van der Waals surface area contributed by atoms with E-state index in [4.69, 9.17) is 0 Å². The van der Waals surface area contributed by atoms with E-state index in [0.717, 1.165) is 37.7 Å². The van der Waals surface area contributed by atoms with Crippen LogP contribution in [0, 0.1) is 11.8 Å². The molecule has 0 bridgehead atoms. The average Bonchev–Trinajstić information content (AvgIpc) is 3.25. The largest absolute Gasteiger partial charge is 0.356 e. The van der Waals surface area contributed by atoms with Crippen molar-refractivity contribution in [1.82, 2.24) is 10.0 Å². The predicted molar refractivity (Wildman–Crippen MR) is 130 cm³/mol. The molecule has 4 rings (SSSR count). The maximum Gasteiger partial charge on any atom is 0.240 e. The summed E-state index contributed by atoms with van der Waals surface area (Å²) in [6, 6.07) is 8.98. The van der Waals surface area contributed by atoms with E-state index in [2.05, 4.69) is 21.4 Å². The quantitative estimate of drug-likeness (QED) is 0.528. The average molecular weight is 490 g/mol. The topological polar surface area (TPSA) is 104 Å². The first kappa shape index (κ1) is 23.9. The monoisotopic (exact) mass is 489 g/mol. The van der Waals surface area contributed by atoms with Gasteiger partial charge in [-0.05, 0) is 86.1 Å². The molecule has 2 heterocycles. The third-order valence-corrected chi connectivity index (χ3v) is 8.90. The molecule has 0 radical (unpaired) electrons. The van der Waals surface area contributed by atoms with Crippen LogP contribution in [0.3, 0.4) is 0 Å². The molecule has 1 aliphatic heterocycles. The normalized spacial score (nSPS) is 21.0. The predicted octanol–water partition coefficient (Wildman–Crippen LogP) is 3.47. The summed E-state index contributed by atoms with van der Waals surface area (Å²) < 4.78 is 28.4. The third kappa shape index (κ3) is 6.43. The first-order valence-electron chi connectivity index (χ1n) is 11.6. The summed E-state index contributed by atoms with van der Waals surface area (Å²) >= 11 is 1.70. The van der Waals surface area contributed by atoms with Gasteiger partial charge >= 0.3 is 0 Å². The van der Waals surface area contributed by atoms with Crippen molar-refractivity contribution in [2.24, 2.45) is 11.8 Å². The second-order valence-electron chi connectivity index (χ2n) is 8.91. The Morgan fingerprint density at radius 3 is 2.70 bits per heavy atom. The number of anilines is 1. The molecule has 1 aliphatic carbocycles. The van der Waals surface area contributed by atoms with Crippen molar-refractivity contribution < 1.29 is 18.0 Å². The molecule has 1 fully saturated rings. The van der Waals surface area contributed by atoms with Crippen LogP contribution in [0.2, 0.25) is 0 Å². The van der Waals surface area contributed by atoms with Crippen molar-refractivity contribution in [3.8, 4) is 0 Å². The maximum absolute atomic E-state index is 12.8. The Labute approximate surface area is 199 Å². The van der Waals surface area contributed by atoms with Crippen LogP contribution in [-0.2, 0) is 32.5 Å². The molecule has 0 spiro atoms. The minimum absolute atomic E-state index is 0.0148. The molecule has 1 saturated carbocycles. The Hall–Kier alpha value is -2.23. The molecule has 1 aromatic carbocycles. The number of thiophene rings is 1. The molecule has 178 valence electrons. The minimum Gasteiger partial charge on any atom is -0.356 e. The van der Waals surface area contributed by atoms with Gasteiger partial charge in [0.05, 0.1) is 4.90 Å². The highest BCUT2D eigenvalue weighted by molar-refractivity contribution is 7.89. The van der Waals surface area contributed by atoms with Crippen LogP contribution in [-0.4, -0.2) is 33.3 Å². The van der Waals surface area contributed by atoms with Crippen molar-refractivity contribution in [3.05, 3.63) is 46.2 Å². The van der Waals surface area contributed by atoms with E-state index in [1.165, 1.54) is 4.88 Å². The van der Waals surface area contributed by atoms with Gasteiger partial charge in [0.15, 0.2) is 0 Å². The van der Waals surface area contributed by atoms with Crippen molar-refractivity contribution in [1.29, 1.82) is 0 Å². The van der Waals surface area contributed by atoms with Gasteiger partial charge in [0.1, 0.15) is 0 Å². The summed E-state index contributed by atoms with van der Waals surface area (Å²) in [6.07, 6.45) is 5.94. The van der Waals surface area contributed by atoms with Crippen LogP contribution < -0.4 is 15.4 Å². The Kier molecular flexibility index (Phi) is 7.82. The second kappa shape index (κ2) is 10.8. The fourth-order valence-electron chi connectivity index (χ4n) is 4.57. The first-order chi connectivity index (χ1) is 15.9. The number of sulfonamides is 1. The molecule has 9 heteroatoms. The number of fused-ring (bicyclic) bond motifs is 1. The first-order valence-corrected chi connectivity index (χ1v) is 14.0. The molecule has 3 N–H and O–H groups in total. The fourth-order valence-corrected chi connectivity index (χ4v) is 6.44. The van der Waals surface area contributed by atoms with E-state index in [9.17, 15) is 18.0 Å². The van der Waals surface area contributed by atoms with Gasteiger partial charge in [0, 0.05) is 36.0 Å². The van der Waals surface area contributed by atoms with Gasteiger partial charge in [-0.3, -0.25) is 9.59 Å². The van der Waals surface area contributed by atoms with Gasteiger partial charge in [0.25, 0.3) is 0 Å².